The summed E-state index contributed by atoms with van der Waals surface area (Å²) < 4.78 is 0. The van der Waals surface area contributed by atoms with E-state index in [-0.39, 0.29) is 30.1 Å². The Hall–Kier alpha value is -1.30. The molecule has 1 aromatic carbocycles. The summed E-state index contributed by atoms with van der Waals surface area (Å²) in [4.78, 5) is 27.1. The van der Waals surface area contributed by atoms with Crippen molar-refractivity contribution in [1.82, 2.24) is 10.2 Å². The molecule has 2 aliphatic rings. The molecule has 0 spiro atoms. The van der Waals surface area contributed by atoms with Crippen molar-refractivity contribution >= 4 is 35.8 Å². The molecule has 0 radical (unpaired) electrons. The number of carbonyl (C=O) groups is 2. The zero-order valence-corrected chi connectivity index (χ0v) is 15.7. The van der Waals surface area contributed by atoms with Crippen LogP contribution in [-0.4, -0.2) is 42.9 Å². The fourth-order valence-electron chi connectivity index (χ4n) is 3.54. The van der Waals surface area contributed by atoms with Gasteiger partial charge in [0, 0.05) is 31.2 Å². The minimum Gasteiger partial charge on any atom is -0.355 e. The summed E-state index contributed by atoms with van der Waals surface area (Å²) in [5, 5.41) is 3.51. The van der Waals surface area contributed by atoms with Crippen LogP contribution in [0.15, 0.2) is 24.3 Å². The summed E-state index contributed by atoms with van der Waals surface area (Å²) in [6.45, 7) is 2.15. The molecule has 5 nitrogen and oxygen atoms in total. The Bertz CT molecular complexity index is 617. The van der Waals surface area contributed by atoms with Gasteiger partial charge in [-0.2, -0.15) is 0 Å². The lowest BCUT2D eigenvalue weighted by atomic mass is 9.91. The molecule has 3 rings (SSSR count). The molecule has 2 amide bonds. The number of nitrogens with two attached hydrogens (primary N) is 1. The number of halogens is 2. The van der Waals surface area contributed by atoms with Crippen LogP contribution < -0.4 is 11.1 Å². The van der Waals surface area contributed by atoms with Gasteiger partial charge in [0.25, 0.3) is 0 Å². The second kappa shape index (κ2) is 8.39. The van der Waals surface area contributed by atoms with Gasteiger partial charge < -0.3 is 16.0 Å². The Morgan fingerprint density at radius 1 is 1.28 bits per heavy atom. The monoisotopic (exact) mass is 385 g/mol. The topological polar surface area (TPSA) is 75.4 Å². The molecule has 3 N–H and O–H groups in total. The van der Waals surface area contributed by atoms with Crippen LogP contribution in [0.3, 0.4) is 0 Å². The lowest BCUT2D eigenvalue weighted by molar-refractivity contribution is -0.138. The minimum absolute atomic E-state index is 0. The van der Waals surface area contributed by atoms with Crippen LogP contribution in [0.5, 0.6) is 0 Å². The van der Waals surface area contributed by atoms with E-state index in [1.165, 1.54) is 0 Å². The number of nitrogens with one attached hydrogen (secondary N) is 1. The van der Waals surface area contributed by atoms with Crippen molar-refractivity contribution in [1.29, 1.82) is 0 Å². The summed E-state index contributed by atoms with van der Waals surface area (Å²) in [5.74, 6) is 0.0331. The number of amides is 2. The standard InChI is InChI=1S/C18H24ClN3O2.ClH/c19-15-5-3-14(4-6-15)18(7-8-18)17(24)22-11-1-2-13(12-22)16(23)21-10-9-20;/h3-6,13H,1-2,7-12,20H2,(H,21,23);1H. The first-order valence-electron chi connectivity index (χ1n) is 8.60. The smallest absolute Gasteiger partial charge is 0.233 e. The zero-order valence-electron chi connectivity index (χ0n) is 14.2. The van der Waals surface area contributed by atoms with Crippen LogP contribution in [0.1, 0.15) is 31.2 Å². The van der Waals surface area contributed by atoms with Crippen LogP contribution in [0.25, 0.3) is 0 Å². The van der Waals surface area contributed by atoms with Gasteiger partial charge in [-0.15, -0.1) is 12.4 Å². The van der Waals surface area contributed by atoms with E-state index < -0.39 is 5.41 Å². The van der Waals surface area contributed by atoms with Gasteiger partial charge >= 0.3 is 0 Å². The van der Waals surface area contributed by atoms with Crippen molar-refractivity contribution in [3.05, 3.63) is 34.9 Å². The molecule has 1 aliphatic carbocycles. The molecule has 1 aliphatic heterocycles. The fraction of sp³-hybridized carbons (Fsp3) is 0.556. The van der Waals surface area contributed by atoms with E-state index in [2.05, 4.69) is 5.32 Å². The molecule has 1 unspecified atom stereocenters. The maximum Gasteiger partial charge on any atom is 0.233 e. The van der Waals surface area contributed by atoms with Crippen molar-refractivity contribution < 1.29 is 9.59 Å². The maximum atomic E-state index is 13.1. The fourth-order valence-corrected chi connectivity index (χ4v) is 3.66. The van der Waals surface area contributed by atoms with Gasteiger partial charge in [-0.1, -0.05) is 23.7 Å². The second-order valence-electron chi connectivity index (χ2n) is 6.76. The van der Waals surface area contributed by atoms with Crippen molar-refractivity contribution in [2.45, 2.75) is 31.1 Å². The summed E-state index contributed by atoms with van der Waals surface area (Å²) in [5.41, 5.74) is 6.06. The molecule has 138 valence electrons. The third-order valence-corrected chi connectivity index (χ3v) is 5.33. The van der Waals surface area contributed by atoms with E-state index in [9.17, 15) is 9.59 Å². The molecular weight excluding hydrogens is 361 g/mol. The third kappa shape index (κ3) is 4.27. The molecule has 1 aromatic rings. The Morgan fingerprint density at radius 2 is 1.96 bits per heavy atom. The van der Waals surface area contributed by atoms with Crippen LogP contribution >= 0.6 is 24.0 Å². The summed E-state index contributed by atoms with van der Waals surface area (Å²) >= 11 is 5.96. The van der Waals surface area contributed by atoms with Gasteiger partial charge in [0.1, 0.15) is 0 Å². The van der Waals surface area contributed by atoms with Gasteiger partial charge in [-0.05, 0) is 43.4 Å². The number of carbonyl (C=O) groups excluding carboxylic acids is 2. The molecular formula is C18H25Cl2N3O2. The highest BCUT2D eigenvalue weighted by molar-refractivity contribution is 6.30. The SMILES string of the molecule is Cl.NCCNC(=O)C1CCCN(C(=O)C2(c3ccc(Cl)cc3)CC2)C1. The number of benzene rings is 1. The summed E-state index contributed by atoms with van der Waals surface area (Å²) in [6, 6.07) is 7.57. The first-order chi connectivity index (χ1) is 11.6. The summed E-state index contributed by atoms with van der Waals surface area (Å²) in [6.07, 6.45) is 3.43. The van der Waals surface area contributed by atoms with Gasteiger partial charge in [-0.25, -0.2) is 0 Å². The average Bonchev–Trinajstić information content (AvgIpc) is 3.41. The van der Waals surface area contributed by atoms with E-state index in [1.807, 2.05) is 29.2 Å². The van der Waals surface area contributed by atoms with E-state index in [4.69, 9.17) is 17.3 Å². The number of hydrogen-bond donors (Lipinski definition) is 2. The highest BCUT2D eigenvalue weighted by atomic mass is 35.5. The summed E-state index contributed by atoms with van der Waals surface area (Å²) in [7, 11) is 0. The van der Waals surface area contributed by atoms with Crippen molar-refractivity contribution in [3.8, 4) is 0 Å². The Kier molecular flexibility index (Phi) is 6.72. The molecule has 25 heavy (non-hydrogen) atoms. The molecule has 7 heteroatoms. The lowest BCUT2D eigenvalue weighted by Crippen LogP contribution is -2.49. The first kappa shape index (κ1) is 20.0. The van der Waals surface area contributed by atoms with Crippen molar-refractivity contribution in [2.24, 2.45) is 11.7 Å². The highest BCUT2D eigenvalue weighted by Crippen LogP contribution is 2.50. The van der Waals surface area contributed by atoms with Crippen LogP contribution in [-0.2, 0) is 15.0 Å². The Morgan fingerprint density at radius 3 is 2.56 bits per heavy atom. The van der Waals surface area contributed by atoms with Gasteiger partial charge in [0.2, 0.25) is 11.8 Å². The van der Waals surface area contributed by atoms with Crippen molar-refractivity contribution in [2.75, 3.05) is 26.2 Å². The molecule has 1 heterocycles. The maximum absolute atomic E-state index is 13.1. The normalized spacial score (nSPS) is 21.2. The third-order valence-electron chi connectivity index (χ3n) is 5.08. The molecule has 0 bridgehead atoms. The number of piperidine rings is 1. The Labute approximate surface area is 159 Å². The minimum atomic E-state index is -0.403. The first-order valence-corrected chi connectivity index (χ1v) is 8.98. The lowest BCUT2D eigenvalue weighted by Gasteiger charge is -2.34. The van der Waals surface area contributed by atoms with Crippen LogP contribution in [0.2, 0.25) is 5.02 Å². The van der Waals surface area contributed by atoms with Crippen molar-refractivity contribution in [3.63, 3.8) is 0 Å². The number of likely N-dealkylation sites (tertiary alicyclic amines) is 1. The van der Waals surface area contributed by atoms with Gasteiger partial charge in [-0.3, -0.25) is 9.59 Å². The molecule has 0 aromatic heterocycles. The Balaban J connectivity index is 0.00000225. The van der Waals surface area contributed by atoms with E-state index in [1.54, 1.807) is 0 Å². The zero-order chi connectivity index (χ0) is 17.2. The highest BCUT2D eigenvalue weighted by Gasteiger charge is 2.53. The second-order valence-corrected chi connectivity index (χ2v) is 7.20. The predicted molar refractivity (Wildman–Crippen MR) is 101 cm³/mol. The van der Waals surface area contributed by atoms with Gasteiger partial charge in [0.05, 0.1) is 11.3 Å². The van der Waals surface area contributed by atoms with Crippen LogP contribution in [0.4, 0.5) is 0 Å². The largest absolute Gasteiger partial charge is 0.355 e. The van der Waals surface area contributed by atoms with E-state index in [0.29, 0.717) is 24.7 Å². The average molecular weight is 386 g/mol. The number of rotatable bonds is 5. The molecule has 1 atom stereocenters. The van der Waals surface area contributed by atoms with Crippen LogP contribution in [0, 0.1) is 5.92 Å². The van der Waals surface area contributed by atoms with Gasteiger partial charge in [0.15, 0.2) is 0 Å². The molecule has 1 saturated carbocycles. The molecule has 1 saturated heterocycles. The van der Waals surface area contributed by atoms with E-state index >= 15 is 0 Å². The number of nitrogens with zero attached hydrogens (tertiary/aromatic N) is 1. The predicted octanol–water partition coefficient (Wildman–Crippen LogP) is 2.11. The number of hydrogen-bond acceptors (Lipinski definition) is 3. The molecule has 2 fully saturated rings. The van der Waals surface area contributed by atoms with E-state index in [0.717, 1.165) is 37.8 Å². The quantitative estimate of drug-likeness (QED) is 0.814.